The third-order valence-corrected chi connectivity index (χ3v) is 4.66. The van der Waals surface area contributed by atoms with E-state index < -0.39 is 0 Å². The number of benzene rings is 2. The third kappa shape index (κ3) is 6.92. The van der Waals surface area contributed by atoms with Crippen LogP contribution in [0, 0.1) is 0 Å². The van der Waals surface area contributed by atoms with Gasteiger partial charge in [-0.25, -0.2) is 0 Å². The highest BCUT2D eigenvalue weighted by Gasteiger charge is 2.09. The molecular formula is C24H26N4O3. The number of nitrogens with one attached hydrogen (secondary N) is 2. The Hall–Kier alpha value is -3.74. The van der Waals surface area contributed by atoms with Gasteiger partial charge in [0, 0.05) is 24.9 Å². The Bertz CT molecular complexity index is 1050. The molecule has 0 spiro atoms. The number of hydrogen-bond donors (Lipinski definition) is 2. The molecule has 0 saturated heterocycles. The summed E-state index contributed by atoms with van der Waals surface area (Å²) < 4.78 is 5.44. The normalized spacial score (nSPS) is 10.5. The molecule has 2 N–H and O–H groups in total. The summed E-state index contributed by atoms with van der Waals surface area (Å²) in [6.07, 6.45) is 3.87. The quantitative estimate of drug-likeness (QED) is 0.368. The zero-order chi connectivity index (χ0) is 21.9. The zero-order valence-electron chi connectivity index (χ0n) is 17.3. The van der Waals surface area contributed by atoms with Crippen LogP contribution in [-0.2, 0) is 17.6 Å². The molecule has 31 heavy (non-hydrogen) atoms. The minimum Gasteiger partial charge on any atom is -0.490 e. The highest BCUT2D eigenvalue weighted by molar-refractivity contribution is 5.76. The van der Waals surface area contributed by atoms with E-state index in [0.29, 0.717) is 24.7 Å². The van der Waals surface area contributed by atoms with Crippen LogP contribution >= 0.6 is 0 Å². The number of amides is 1. The number of carbonyl (C=O) groups excluding carboxylic acids is 1. The van der Waals surface area contributed by atoms with Crippen molar-refractivity contribution in [3.63, 3.8) is 0 Å². The van der Waals surface area contributed by atoms with E-state index in [1.54, 1.807) is 30.3 Å². The Morgan fingerprint density at radius 3 is 2.55 bits per heavy atom. The summed E-state index contributed by atoms with van der Waals surface area (Å²) in [6.45, 7) is 4.63. The molecule has 3 aromatic rings. The van der Waals surface area contributed by atoms with Crippen LogP contribution in [0.2, 0.25) is 0 Å². The molecule has 0 aliphatic rings. The van der Waals surface area contributed by atoms with Gasteiger partial charge in [-0.1, -0.05) is 43.0 Å². The fourth-order valence-corrected chi connectivity index (χ4v) is 3.00. The van der Waals surface area contributed by atoms with E-state index in [4.69, 9.17) is 4.74 Å². The molecular weight excluding hydrogens is 392 g/mol. The first-order valence-electron chi connectivity index (χ1n) is 10.3. The fraction of sp³-hybridized carbons (Fsp3) is 0.250. The summed E-state index contributed by atoms with van der Waals surface area (Å²) in [4.78, 5) is 27.1. The second-order valence-corrected chi connectivity index (χ2v) is 7.01. The van der Waals surface area contributed by atoms with Crippen molar-refractivity contribution in [2.75, 3.05) is 13.2 Å². The first kappa shape index (κ1) is 22.0. The largest absolute Gasteiger partial charge is 0.490 e. The van der Waals surface area contributed by atoms with Crippen molar-refractivity contribution >= 4 is 5.91 Å². The van der Waals surface area contributed by atoms with Gasteiger partial charge in [0.15, 0.2) is 5.82 Å². The van der Waals surface area contributed by atoms with E-state index in [9.17, 15) is 9.59 Å². The number of aromatic amines is 1. The van der Waals surface area contributed by atoms with E-state index >= 15 is 0 Å². The molecule has 0 fully saturated rings. The molecule has 0 unspecified atom stereocenters. The van der Waals surface area contributed by atoms with Gasteiger partial charge >= 0.3 is 0 Å². The van der Waals surface area contributed by atoms with Gasteiger partial charge in [-0.2, -0.15) is 0 Å². The maximum absolute atomic E-state index is 12.3. The van der Waals surface area contributed by atoms with E-state index in [2.05, 4.69) is 39.2 Å². The second kappa shape index (κ2) is 11.4. The summed E-state index contributed by atoms with van der Waals surface area (Å²) in [5.41, 5.74) is 1.87. The highest BCUT2D eigenvalue weighted by Crippen LogP contribution is 2.18. The number of carbonyl (C=O) groups is 1. The van der Waals surface area contributed by atoms with Crippen molar-refractivity contribution in [1.29, 1.82) is 0 Å². The van der Waals surface area contributed by atoms with Crippen molar-refractivity contribution in [2.45, 2.75) is 25.7 Å². The minimum absolute atomic E-state index is 0.103. The molecule has 0 radical (unpaired) electrons. The van der Waals surface area contributed by atoms with Crippen LogP contribution < -0.4 is 15.6 Å². The standard InChI is InChI=1S/C24H26N4O3/c1-2-17-31-20-12-10-19(11-13-20)23-26-24(30)21(27-28-23)14-15-22(29)25-16-6-9-18-7-4-3-5-8-18/h2-5,7-8,10-13H,1,6,9,14-17H2,(H,25,29)(H,26,28,30). The Labute approximate surface area is 181 Å². The second-order valence-electron chi connectivity index (χ2n) is 7.01. The Balaban J connectivity index is 1.46. The van der Waals surface area contributed by atoms with Crippen molar-refractivity contribution < 1.29 is 9.53 Å². The molecule has 0 saturated carbocycles. The van der Waals surface area contributed by atoms with Gasteiger partial charge in [-0.05, 0) is 42.7 Å². The first-order chi connectivity index (χ1) is 15.2. The predicted octanol–water partition coefficient (Wildman–Crippen LogP) is 3.08. The van der Waals surface area contributed by atoms with Crippen molar-refractivity contribution in [3.8, 4) is 17.1 Å². The topological polar surface area (TPSA) is 97.0 Å². The molecule has 0 aliphatic carbocycles. The van der Waals surface area contributed by atoms with Crippen LogP contribution in [0.25, 0.3) is 11.4 Å². The lowest BCUT2D eigenvalue weighted by Crippen LogP contribution is -2.26. The molecule has 1 amide bonds. The summed E-state index contributed by atoms with van der Waals surface area (Å²) in [5.74, 6) is 0.966. The average molecular weight is 418 g/mol. The molecule has 1 aromatic heterocycles. The lowest BCUT2D eigenvalue weighted by atomic mass is 10.1. The van der Waals surface area contributed by atoms with Gasteiger partial charge in [0.1, 0.15) is 18.1 Å². The van der Waals surface area contributed by atoms with Gasteiger partial charge in [0.2, 0.25) is 5.91 Å². The van der Waals surface area contributed by atoms with Crippen LogP contribution in [0.4, 0.5) is 0 Å². The number of aryl methyl sites for hydroxylation is 2. The molecule has 1 heterocycles. The smallest absolute Gasteiger partial charge is 0.273 e. The van der Waals surface area contributed by atoms with Crippen LogP contribution in [0.5, 0.6) is 5.75 Å². The SMILES string of the molecule is C=CCOc1ccc(-c2nnc(CCC(=O)NCCCc3ccccc3)c(=O)[nH]2)cc1. The van der Waals surface area contributed by atoms with E-state index in [-0.39, 0.29) is 30.0 Å². The molecule has 7 heteroatoms. The highest BCUT2D eigenvalue weighted by atomic mass is 16.5. The monoisotopic (exact) mass is 418 g/mol. The Morgan fingerprint density at radius 1 is 1.06 bits per heavy atom. The number of rotatable bonds is 11. The lowest BCUT2D eigenvalue weighted by Gasteiger charge is -2.06. The summed E-state index contributed by atoms with van der Waals surface area (Å²) >= 11 is 0. The molecule has 3 rings (SSSR count). The van der Waals surface area contributed by atoms with Crippen LogP contribution in [0.1, 0.15) is 24.1 Å². The minimum atomic E-state index is -0.339. The fourth-order valence-electron chi connectivity index (χ4n) is 3.00. The maximum Gasteiger partial charge on any atom is 0.273 e. The van der Waals surface area contributed by atoms with Crippen molar-refractivity contribution in [2.24, 2.45) is 0 Å². The summed E-state index contributed by atoms with van der Waals surface area (Å²) in [7, 11) is 0. The van der Waals surface area contributed by atoms with Gasteiger partial charge in [-0.3, -0.25) is 9.59 Å². The zero-order valence-corrected chi connectivity index (χ0v) is 17.3. The number of nitrogens with zero attached hydrogens (tertiary/aromatic N) is 2. The van der Waals surface area contributed by atoms with Crippen molar-refractivity contribution in [3.05, 3.63) is 88.9 Å². The Morgan fingerprint density at radius 2 is 1.84 bits per heavy atom. The van der Waals surface area contributed by atoms with E-state index in [0.717, 1.165) is 18.4 Å². The Kier molecular flexibility index (Phi) is 8.11. The van der Waals surface area contributed by atoms with Gasteiger partial charge in [0.05, 0.1) is 0 Å². The van der Waals surface area contributed by atoms with Crippen molar-refractivity contribution in [1.82, 2.24) is 20.5 Å². The van der Waals surface area contributed by atoms with E-state index in [1.165, 1.54) is 5.56 Å². The number of hydrogen-bond acceptors (Lipinski definition) is 5. The maximum atomic E-state index is 12.3. The number of H-pyrrole nitrogens is 1. The predicted molar refractivity (Wildman–Crippen MR) is 120 cm³/mol. The van der Waals surface area contributed by atoms with E-state index in [1.807, 2.05) is 18.2 Å². The first-order valence-corrected chi connectivity index (χ1v) is 10.3. The van der Waals surface area contributed by atoms with Gasteiger partial charge < -0.3 is 15.0 Å². The number of aromatic nitrogens is 3. The summed E-state index contributed by atoms with van der Waals surface area (Å²) in [6, 6.07) is 17.3. The van der Waals surface area contributed by atoms with Gasteiger partial charge in [0.25, 0.3) is 5.56 Å². The molecule has 2 aromatic carbocycles. The lowest BCUT2D eigenvalue weighted by molar-refractivity contribution is -0.121. The number of ether oxygens (including phenoxy) is 1. The molecule has 0 aliphatic heterocycles. The molecule has 0 atom stereocenters. The molecule has 0 bridgehead atoms. The average Bonchev–Trinajstić information content (AvgIpc) is 2.80. The van der Waals surface area contributed by atoms with Gasteiger partial charge in [-0.15, -0.1) is 10.2 Å². The third-order valence-electron chi connectivity index (χ3n) is 4.66. The molecule has 160 valence electrons. The molecule has 7 nitrogen and oxygen atoms in total. The van der Waals surface area contributed by atoms with Crippen LogP contribution in [0.15, 0.2) is 72.0 Å². The van der Waals surface area contributed by atoms with Crippen LogP contribution in [-0.4, -0.2) is 34.2 Å². The van der Waals surface area contributed by atoms with Crippen LogP contribution in [0.3, 0.4) is 0 Å². The summed E-state index contributed by atoms with van der Waals surface area (Å²) in [5, 5.41) is 11.0.